The molecule has 0 aromatic heterocycles. The van der Waals surface area contributed by atoms with Crippen LogP contribution >= 0.6 is 0 Å². The quantitative estimate of drug-likeness (QED) is 0.814. The highest BCUT2D eigenvalue weighted by molar-refractivity contribution is 7.83. The van der Waals surface area contributed by atoms with Gasteiger partial charge < -0.3 is 14.2 Å². The van der Waals surface area contributed by atoms with Crippen LogP contribution in [0.3, 0.4) is 0 Å². The number of hydrogen-bond acceptors (Lipinski definition) is 4. The van der Waals surface area contributed by atoms with E-state index in [9.17, 15) is 4.21 Å². The summed E-state index contributed by atoms with van der Waals surface area (Å²) >= 11 is 0. The summed E-state index contributed by atoms with van der Waals surface area (Å²) in [6, 6.07) is 13.5. The highest BCUT2D eigenvalue weighted by atomic mass is 32.2. The maximum Gasteiger partial charge on any atom is 0.165 e. The van der Waals surface area contributed by atoms with Gasteiger partial charge in [-0.25, -0.2) is 0 Å². The van der Waals surface area contributed by atoms with E-state index in [-0.39, 0.29) is 0 Å². The Morgan fingerprint density at radius 2 is 1.74 bits per heavy atom. The molecular weight excluding hydrogens is 312 g/mol. The van der Waals surface area contributed by atoms with Gasteiger partial charge >= 0.3 is 0 Å². The van der Waals surface area contributed by atoms with E-state index in [1.807, 2.05) is 49.4 Å². The van der Waals surface area contributed by atoms with E-state index in [1.165, 1.54) is 0 Å². The minimum atomic E-state index is -1.05. The number of ether oxygens (including phenoxy) is 3. The summed E-state index contributed by atoms with van der Waals surface area (Å²) < 4.78 is 29.4. The topological polar surface area (TPSA) is 44.8 Å². The third-order valence-corrected chi connectivity index (χ3v) is 4.82. The Morgan fingerprint density at radius 1 is 1.00 bits per heavy atom. The van der Waals surface area contributed by atoms with E-state index in [1.54, 1.807) is 0 Å². The van der Waals surface area contributed by atoms with Crippen LogP contribution in [0.25, 0.3) is 0 Å². The van der Waals surface area contributed by atoms with Crippen molar-refractivity contribution >= 4 is 10.8 Å². The number of para-hydroxylation sites is 2. The predicted octanol–water partition coefficient (Wildman–Crippen LogP) is 3.31. The van der Waals surface area contributed by atoms with Crippen molar-refractivity contribution in [1.29, 1.82) is 0 Å². The van der Waals surface area contributed by atoms with Gasteiger partial charge in [-0.1, -0.05) is 30.3 Å². The van der Waals surface area contributed by atoms with Crippen molar-refractivity contribution in [2.45, 2.75) is 18.4 Å². The molecule has 1 aliphatic heterocycles. The Hall–Kier alpha value is -2.01. The molecule has 4 nitrogen and oxygen atoms in total. The molecule has 0 bridgehead atoms. The van der Waals surface area contributed by atoms with Crippen LogP contribution in [0, 0.1) is 0 Å². The van der Waals surface area contributed by atoms with Crippen molar-refractivity contribution < 1.29 is 18.4 Å². The van der Waals surface area contributed by atoms with Gasteiger partial charge in [-0.15, -0.1) is 0 Å². The molecule has 0 saturated carbocycles. The van der Waals surface area contributed by atoms with E-state index in [4.69, 9.17) is 14.2 Å². The first kappa shape index (κ1) is 15.9. The van der Waals surface area contributed by atoms with Gasteiger partial charge in [0.25, 0.3) is 0 Å². The van der Waals surface area contributed by atoms with E-state index >= 15 is 0 Å². The van der Waals surface area contributed by atoms with Gasteiger partial charge in [0.05, 0.1) is 18.1 Å². The van der Waals surface area contributed by atoms with Crippen molar-refractivity contribution in [1.82, 2.24) is 0 Å². The molecule has 1 aliphatic rings. The smallest absolute Gasteiger partial charge is 0.165 e. The minimum Gasteiger partial charge on any atom is -0.494 e. The zero-order valence-electron chi connectivity index (χ0n) is 13.1. The Bertz CT molecular complexity index is 699. The summed E-state index contributed by atoms with van der Waals surface area (Å²) in [7, 11) is -1.05. The summed E-state index contributed by atoms with van der Waals surface area (Å²) in [4.78, 5) is 0. The molecule has 0 amide bonds. The molecule has 0 saturated heterocycles. The minimum absolute atomic E-state index is 0.437. The third kappa shape index (κ3) is 3.85. The zero-order chi connectivity index (χ0) is 16.1. The normalized spacial score (nSPS) is 14.3. The molecule has 2 aromatic carbocycles. The lowest BCUT2D eigenvalue weighted by molar-refractivity contribution is 0.170. The zero-order valence-corrected chi connectivity index (χ0v) is 13.9. The summed E-state index contributed by atoms with van der Waals surface area (Å²) in [6.45, 7) is 3.63. The predicted molar refractivity (Wildman–Crippen MR) is 90.6 cm³/mol. The highest BCUT2D eigenvalue weighted by Gasteiger charge is 2.17. The van der Waals surface area contributed by atoms with Crippen molar-refractivity contribution in [3.8, 4) is 17.2 Å². The molecule has 1 unspecified atom stereocenters. The summed E-state index contributed by atoms with van der Waals surface area (Å²) in [5, 5.41) is 0. The second-order valence-electron chi connectivity index (χ2n) is 5.21. The van der Waals surface area contributed by atoms with Gasteiger partial charge in [0.1, 0.15) is 19.0 Å². The van der Waals surface area contributed by atoms with Crippen LogP contribution in [0.4, 0.5) is 0 Å². The monoisotopic (exact) mass is 332 g/mol. The van der Waals surface area contributed by atoms with Crippen LogP contribution in [0.1, 0.15) is 18.1 Å². The van der Waals surface area contributed by atoms with Crippen molar-refractivity contribution in [2.24, 2.45) is 0 Å². The SMILES string of the molecule is CCOc1ccccc1CS(=O)Cc1cccc2c1OCCO2. The Labute approximate surface area is 138 Å². The number of benzene rings is 2. The standard InChI is InChI=1S/C18H20O4S/c1-2-20-16-8-4-3-6-14(16)12-23(19)13-15-7-5-9-17-18(15)22-11-10-21-17/h3-9H,2,10-13H2,1H3. The average Bonchev–Trinajstić information content (AvgIpc) is 2.57. The number of hydrogen-bond donors (Lipinski definition) is 0. The lowest BCUT2D eigenvalue weighted by Crippen LogP contribution is -2.17. The maximum atomic E-state index is 12.6. The molecule has 0 N–H and O–H groups in total. The molecule has 2 aromatic rings. The molecule has 0 aliphatic carbocycles. The summed E-state index contributed by atoms with van der Waals surface area (Å²) in [5.41, 5.74) is 1.89. The Kier molecular flexibility index (Phi) is 5.18. The molecule has 1 heterocycles. The molecule has 0 spiro atoms. The van der Waals surface area contributed by atoms with Gasteiger partial charge in [0.2, 0.25) is 0 Å². The van der Waals surface area contributed by atoms with Gasteiger partial charge in [-0.2, -0.15) is 0 Å². The van der Waals surface area contributed by atoms with Crippen molar-refractivity contribution in [2.75, 3.05) is 19.8 Å². The molecule has 23 heavy (non-hydrogen) atoms. The van der Waals surface area contributed by atoms with Crippen LogP contribution in [-0.4, -0.2) is 24.0 Å². The van der Waals surface area contributed by atoms with E-state index in [0.29, 0.717) is 31.3 Å². The fourth-order valence-corrected chi connectivity index (χ4v) is 3.83. The highest BCUT2D eigenvalue weighted by Crippen LogP contribution is 2.34. The Balaban J connectivity index is 1.73. The molecule has 122 valence electrons. The fraction of sp³-hybridized carbons (Fsp3) is 0.333. The molecular formula is C18H20O4S. The first-order valence-electron chi connectivity index (χ1n) is 7.71. The maximum absolute atomic E-state index is 12.6. The van der Waals surface area contributed by atoms with E-state index in [2.05, 4.69) is 0 Å². The summed E-state index contributed by atoms with van der Waals surface area (Å²) in [5.74, 6) is 3.16. The third-order valence-electron chi connectivity index (χ3n) is 3.55. The van der Waals surface area contributed by atoms with Crippen molar-refractivity contribution in [3.05, 3.63) is 53.6 Å². The van der Waals surface area contributed by atoms with Crippen LogP contribution in [0.15, 0.2) is 42.5 Å². The molecule has 5 heteroatoms. The van der Waals surface area contributed by atoms with Crippen molar-refractivity contribution in [3.63, 3.8) is 0 Å². The van der Waals surface area contributed by atoms with Crippen LogP contribution in [0.5, 0.6) is 17.2 Å². The molecule has 3 rings (SSSR count). The second kappa shape index (κ2) is 7.51. The van der Waals surface area contributed by atoms with E-state index in [0.717, 1.165) is 28.4 Å². The van der Waals surface area contributed by atoms with Crippen LogP contribution in [-0.2, 0) is 22.3 Å². The van der Waals surface area contributed by atoms with Gasteiger partial charge in [-0.05, 0) is 19.1 Å². The lowest BCUT2D eigenvalue weighted by Gasteiger charge is -2.20. The number of rotatable bonds is 6. The van der Waals surface area contributed by atoms with E-state index < -0.39 is 10.8 Å². The molecule has 1 atom stereocenters. The molecule has 0 radical (unpaired) electrons. The average molecular weight is 332 g/mol. The Morgan fingerprint density at radius 3 is 2.61 bits per heavy atom. The lowest BCUT2D eigenvalue weighted by atomic mass is 10.2. The first-order valence-corrected chi connectivity index (χ1v) is 9.20. The van der Waals surface area contributed by atoms with Gasteiger partial charge in [-0.3, -0.25) is 4.21 Å². The fourth-order valence-electron chi connectivity index (χ4n) is 2.57. The summed E-state index contributed by atoms with van der Waals surface area (Å²) in [6.07, 6.45) is 0. The largest absolute Gasteiger partial charge is 0.494 e. The number of fused-ring (bicyclic) bond motifs is 1. The first-order chi connectivity index (χ1) is 11.3. The second-order valence-corrected chi connectivity index (χ2v) is 6.67. The van der Waals surface area contributed by atoms with Crippen LogP contribution < -0.4 is 14.2 Å². The van der Waals surface area contributed by atoms with Crippen LogP contribution in [0.2, 0.25) is 0 Å². The molecule has 0 fully saturated rings. The van der Waals surface area contributed by atoms with Gasteiger partial charge in [0.15, 0.2) is 11.5 Å². The van der Waals surface area contributed by atoms with Gasteiger partial charge in [0, 0.05) is 21.9 Å².